The molecule has 96 valence electrons. The molecule has 0 bridgehead atoms. The molecule has 3 rings (SSSR count). The number of benzene rings is 1. The lowest BCUT2D eigenvalue weighted by atomic mass is 9.87. The summed E-state index contributed by atoms with van der Waals surface area (Å²) in [6.07, 6.45) is 0. The summed E-state index contributed by atoms with van der Waals surface area (Å²) < 4.78 is 0. The molecule has 5 nitrogen and oxygen atoms in total. The number of carbonyl (C=O) groups is 2. The molecule has 0 spiro atoms. The van der Waals surface area contributed by atoms with E-state index in [0.717, 1.165) is 10.5 Å². The van der Waals surface area contributed by atoms with Crippen LogP contribution < -0.4 is 5.32 Å². The van der Waals surface area contributed by atoms with Crippen LogP contribution in [0.3, 0.4) is 0 Å². The van der Waals surface area contributed by atoms with Gasteiger partial charge in [-0.2, -0.15) is 5.26 Å². The van der Waals surface area contributed by atoms with Crippen molar-refractivity contribution in [3.05, 3.63) is 35.9 Å². The molecule has 5 heteroatoms. The molecule has 2 aliphatic heterocycles. The van der Waals surface area contributed by atoms with Gasteiger partial charge in [0.25, 0.3) is 0 Å². The summed E-state index contributed by atoms with van der Waals surface area (Å²) in [6, 6.07) is 10.7. The highest BCUT2D eigenvalue weighted by Crippen LogP contribution is 2.42. The molecule has 19 heavy (non-hydrogen) atoms. The van der Waals surface area contributed by atoms with Crippen LogP contribution in [0.15, 0.2) is 30.3 Å². The van der Waals surface area contributed by atoms with E-state index in [9.17, 15) is 14.9 Å². The maximum Gasteiger partial charge on any atom is 0.235 e. The summed E-state index contributed by atoms with van der Waals surface area (Å²) in [7, 11) is 1.49. The molecule has 0 radical (unpaired) electrons. The number of likely N-dealkylation sites (tertiary alicyclic amines) is 1. The van der Waals surface area contributed by atoms with Crippen LogP contribution in [0.2, 0.25) is 0 Å². The highest BCUT2D eigenvalue weighted by Gasteiger charge is 2.58. The second kappa shape index (κ2) is 4.18. The lowest BCUT2D eigenvalue weighted by Crippen LogP contribution is -2.36. The topological polar surface area (TPSA) is 73.2 Å². The molecule has 1 N–H and O–H groups in total. The molecule has 4 atom stereocenters. The van der Waals surface area contributed by atoms with E-state index in [2.05, 4.69) is 11.4 Å². The molecule has 2 amide bonds. The largest absolute Gasteiger partial charge is 0.293 e. The SMILES string of the molecule is CN1C(=O)[C@@H]2[C@H](C1=O)[C@H](C#N)N[C@@H]2c1ccccc1. The van der Waals surface area contributed by atoms with E-state index in [1.807, 2.05) is 30.3 Å². The zero-order valence-electron chi connectivity index (χ0n) is 10.4. The molecular formula is C14H13N3O2. The van der Waals surface area contributed by atoms with Crippen molar-refractivity contribution in [1.29, 1.82) is 5.26 Å². The van der Waals surface area contributed by atoms with E-state index in [0.29, 0.717) is 0 Å². The van der Waals surface area contributed by atoms with Gasteiger partial charge in [-0.3, -0.25) is 19.8 Å². The van der Waals surface area contributed by atoms with Gasteiger partial charge in [0.15, 0.2) is 0 Å². The van der Waals surface area contributed by atoms with Crippen molar-refractivity contribution >= 4 is 11.8 Å². The van der Waals surface area contributed by atoms with Gasteiger partial charge in [0.1, 0.15) is 6.04 Å². The van der Waals surface area contributed by atoms with Gasteiger partial charge in [-0.05, 0) is 5.56 Å². The Hall–Kier alpha value is -2.19. The first-order valence-electron chi connectivity index (χ1n) is 6.17. The number of carbonyl (C=O) groups excluding carboxylic acids is 2. The summed E-state index contributed by atoms with van der Waals surface area (Å²) in [4.78, 5) is 25.4. The highest BCUT2D eigenvalue weighted by molar-refractivity contribution is 6.06. The molecule has 2 heterocycles. The number of nitrogens with zero attached hydrogens (tertiary/aromatic N) is 2. The van der Waals surface area contributed by atoms with Crippen LogP contribution in [0, 0.1) is 23.2 Å². The second-order valence-electron chi connectivity index (χ2n) is 4.95. The normalized spacial score (nSPS) is 33.4. The third kappa shape index (κ3) is 1.57. The zero-order valence-corrected chi connectivity index (χ0v) is 10.4. The first kappa shape index (κ1) is 11.9. The van der Waals surface area contributed by atoms with Gasteiger partial charge >= 0.3 is 0 Å². The van der Waals surface area contributed by atoms with Gasteiger partial charge in [0.2, 0.25) is 11.8 Å². The quantitative estimate of drug-likeness (QED) is 0.740. The molecule has 2 aliphatic rings. The monoisotopic (exact) mass is 255 g/mol. The standard InChI is InChI=1S/C14H13N3O2/c1-17-13(18)10-9(7-15)16-12(11(10)14(17)19)8-5-3-2-4-6-8/h2-6,9-12,16H,1H3/t9-,10+,11+,12+/m0/s1. The van der Waals surface area contributed by atoms with E-state index in [1.54, 1.807) is 0 Å². The Labute approximate surface area is 110 Å². The van der Waals surface area contributed by atoms with Gasteiger partial charge in [-0.15, -0.1) is 0 Å². The van der Waals surface area contributed by atoms with Crippen molar-refractivity contribution in [3.63, 3.8) is 0 Å². The summed E-state index contributed by atoms with van der Waals surface area (Å²) in [5, 5.41) is 12.3. The maximum absolute atomic E-state index is 12.2. The van der Waals surface area contributed by atoms with Crippen LogP contribution in [0.4, 0.5) is 0 Å². The van der Waals surface area contributed by atoms with E-state index in [1.165, 1.54) is 7.05 Å². The second-order valence-corrected chi connectivity index (χ2v) is 4.95. The van der Waals surface area contributed by atoms with Crippen LogP contribution in [0.1, 0.15) is 11.6 Å². The van der Waals surface area contributed by atoms with Crippen LogP contribution in [-0.4, -0.2) is 29.8 Å². The predicted molar refractivity (Wildman–Crippen MR) is 66.5 cm³/mol. The minimum absolute atomic E-state index is 0.200. The van der Waals surface area contributed by atoms with Crippen molar-refractivity contribution in [2.24, 2.45) is 11.8 Å². The summed E-state index contributed by atoms with van der Waals surface area (Å²) in [5.41, 5.74) is 0.937. The van der Waals surface area contributed by atoms with Crippen molar-refractivity contribution in [3.8, 4) is 6.07 Å². The fraction of sp³-hybridized carbons (Fsp3) is 0.357. The smallest absolute Gasteiger partial charge is 0.235 e. The molecule has 0 aliphatic carbocycles. The molecule has 2 fully saturated rings. The maximum atomic E-state index is 12.2. The van der Waals surface area contributed by atoms with E-state index in [-0.39, 0.29) is 17.9 Å². The summed E-state index contributed by atoms with van der Waals surface area (Å²) in [5.74, 6) is -1.49. The van der Waals surface area contributed by atoms with E-state index in [4.69, 9.17) is 0 Å². The summed E-state index contributed by atoms with van der Waals surface area (Å²) >= 11 is 0. The third-order valence-electron chi connectivity index (χ3n) is 3.99. The molecule has 0 aromatic heterocycles. The van der Waals surface area contributed by atoms with Crippen LogP contribution in [0.5, 0.6) is 0 Å². The van der Waals surface area contributed by atoms with Gasteiger partial charge in [0, 0.05) is 13.1 Å². The highest BCUT2D eigenvalue weighted by atomic mass is 16.2. The Bertz CT molecular complexity index is 578. The van der Waals surface area contributed by atoms with Gasteiger partial charge in [0.05, 0.1) is 17.9 Å². The Morgan fingerprint density at radius 3 is 2.42 bits per heavy atom. The number of fused-ring (bicyclic) bond motifs is 1. The Morgan fingerprint density at radius 1 is 1.16 bits per heavy atom. The summed E-state index contributed by atoms with van der Waals surface area (Å²) in [6.45, 7) is 0. The van der Waals surface area contributed by atoms with Gasteiger partial charge < -0.3 is 0 Å². The fourth-order valence-electron chi connectivity index (χ4n) is 3.05. The average Bonchev–Trinajstić information content (AvgIpc) is 2.93. The Balaban J connectivity index is 2.03. The predicted octanol–water partition coefficient (Wildman–Crippen LogP) is 0.454. The molecule has 0 saturated carbocycles. The average molecular weight is 255 g/mol. The number of nitrogens with one attached hydrogen (secondary N) is 1. The molecule has 1 aromatic rings. The van der Waals surface area contributed by atoms with Crippen LogP contribution in [0.25, 0.3) is 0 Å². The minimum Gasteiger partial charge on any atom is -0.293 e. The van der Waals surface area contributed by atoms with E-state index < -0.39 is 17.9 Å². The van der Waals surface area contributed by atoms with Gasteiger partial charge in [-0.1, -0.05) is 30.3 Å². The van der Waals surface area contributed by atoms with Gasteiger partial charge in [-0.25, -0.2) is 0 Å². The Morgan fingerprint density at radius 2 is 1.79 bits per heavy atom. The van der Waals surface area contributed by atoms with Crippen molar-refractivity contribution in [1.82, 2.24) is 10.2 Å². The molecular weight excluding hydrogens is 242 g/mol. The molecule has 0 unspecified atom stereocenters. The molecule has 2 saturated heterocycles. The zero-order chi connectivity index (χ0) is 13.6. The van der Waals surface area contributed by atoms with Crippen molar-refractivity contribution in [2.45, 2.75) is 12.1 Å². The third-order valence-corrected chi connectivity index (χ3v) is 3.99. The lowest BCUT2D eigenvalue weighted by Gasteiger charge is -2.18. The number of hydrogen-bond acceptors (Lipinski definition) is 4. The number of hydrogen-bond donors (Lipinski definition) is 1. The first-order chi connectivity index (χ1) is 9.15. The number of rotatable bonds is 1. The number of amides is 2. The first-order valence-corrected chi connectivity index (χ1v) is 6.17. The fourth-order valence-corrected chi connectivity index (χ4v) is 3.05. The van der Waals surface area contributed by atoms with Crippen molar-refractivity contribution in [2.75, 3.05) is 7.05 Å². The van der Waals surface area contributed by atoms with E-state index >= 15 is 0 Å². The Kier molecular flexibility index (Phi) is 2.61. The number of nitriles is 1. The van der Waals surface area contributed by atoms with Crippen molar-refractivity contribution < 1.29 is 9.59 Å². The van der Waals surface area contributed by atoms with Crippen LogP contribution in [-0.2, 0) is 9.59 Å². The lowest BCUT2D eigenvalue weighted by molar-refractivity contribution is -0.138. The number of imide groups is 1. The minimum atomic E-state index is -0.600. The van der Waals surface area contributed by atoms with Crippen LogP contribution >= 0.6 is 0 Å². The molecule has 1 aromatic carbocycles.